The van der Waals surface area contributed by atoms with Crippen LogP contribution in [0.25, 0.3) is 0 Å². The van der Waals surface area contributed by atoms with Gasteiger partial charge in [-0.15, -0.1) is 0 Å². The van der Waals surface area contributed by atoms with Crippen molar-refractivity contribution in [1.29, 1.82) is 0 Å². The van der Waals surface area contributed by atoms with Gasteiger partial charge in [-0.1, -0.05) is 47.4 Å². The maximum Gasteiger partial charge on any atom is 0.615 e. The highest BCUT2D eigenvalue weighted by atomic mass is 35.5. The number of halogens is 1. The third-order valence-corrected chi connectivity index (χ3v) is 5.29. The van der Waals surface area contributed by atoms with E-state index in [1.54, 1.807) is 48.5 Å². The molecule has 2 aliphatic rings. The van der Waals surface area contributed by atoms with Crippen molar-refractivity contribution in [2.75, 3.05) is 19.6 Å². The summed E-state index contributed by atoms with van der Waals surface area (Å²) < 4.78 is 11.0. The first-order valence-electron chi connectivity index (χ1n) is 8.22. The average Bonchev–Trinajstić information content (AvgIpc) is 3.02. The Morgan fingerprint density at radius 1 is 0.962 bits per heavy atom. The summed E-state index contributed by atoms with van der Waals surface area (Å²) in [6, 6.07) is 15.4. The molecule has 26 heavy (non-hydrogen) atoms. The summed E-state index contributed by atoms with van der Waals surface area (Å²) in [6.07, 6.45) is 0. The van der Waals surface area contributed by atoms with Gasteiger partial charge in [0.25, 0.3) is 0 Å². The first-order chi connectivity index (χ1) is 12.4. The first kappa shape index (κ1) is 16.8. The molecule has 0 saturated carbocycles. The third kappa shape index (κ3) is 2.51. The minimum absolute atomic E-state index is 0.0754. The number of ketones is 1. The van der Waals surface area contributed by atoms with Gasteiger partial charge >= 0.3 is 18.6 Å². The zero-order valence-corrected chi connectivity index (χ0v) is 14.5. The molecule has 6 nitrogen and oxygen atoms in total. The Hall–Kier alpha value is -2.64. The molecule has 2 saturated heterocycles. The topological polar surface area (TPSA) is 69.7 Å². The number of quaternary nitrogens is 1. The number of fused-ring (bicyclic) bond motifs is 1. The quantitative estimate of drug-likeness (QED) is 0.598. The van der Waals surface area contributed by atoms with Crippen molar-refractivity contribution in [2.24, 2.45) is 0 Å². The van der Waals surface area contributed by atoms with Crippen LogP contribution in [0.1, 0.15) is 10.4 Å². The van der Waals surface area contributed by atoms with Gasteiger partial charge in [-0.3, -0.25) is 14.4 Å². The van der Waals surface area contributed by atoms with Crippen LogP contribution in [-0.4, -0.2) is 48.4 Å². The van der Waals surface area contributed by atoms with Crippen molar-refractivity contribution >= 4 is 41.5 Å². The fourth-order valence-corrected chi connectivity index (χ4v) is 4.01. The van der Waals surface area contributed by atoms with Gasteiger partial charge < -0.3 is 13.7 Å². The molecule has 2 heterocycles. The van der Waals surface area contributed by atoms with Crippen molar-refractivity contribution in [1.82, 2.24) is 0 Å². The average molecular weight is 372 g/mol. The summed E-state index contributed by atoms with van der Waals surface area (Å²) in [4.78, 5) is 37.2. The molecule has 0 spiro atoms. The number of Topliss-reactive ketones (excluding diaryl/α,β-unsaturated/α-hetero) is 1. The molecular formula is C18H15BClNO5. The molecule has 0 amide bonds. The molecule has 2 aromatic rings. The molecule has 2 fully saturated rings. The number of hydrogen-bond acceptors (Lipinski definition) is 5. The molecule has 4 rings (SSSR count). The Bertz CT molecular complexity index is 880. The summed E-state index contributed by atoms with van der Waals surface area (Å²) >= 11 is 5.87. The van der Waals surface area contributed by atoms with E-state index in [1.165, 1.54) is 0 Å². The Labute approximate surface area is 154 Å². The smallest absolute Gasteiger partial charge is 0.596 e. The number of carbonyl (C=O) groups excluding carboxylic acids is 3. The van der Waals surface area contributed by atoms with E-state index in [0.29, 0.717) is 16.0 Å². The zero-order chi connectivity index (χ0) is 18.4. The highest BCUT2D eigenvalue weighted by molar-refractivity contribution is 6.79. The number of carbonyl (C=O) groups is 3. The molecule has 0 aliphatic carbocycles. The molecule has 132 valence electrons. The maximum absolute atomic E-state index is 12.9. The lowest BCUT2D eigenvalue weighted by molar-refractivity contribution is -0.803. The molecule has 8 heteroatoms. The van der Waals surface area contributed by atoms with Crippen LogP contribution < -0.4 is 5.46 Å². The van der Waals surface area contributed by atoms with Gasteiger partial charge in [-0.05, 0) is 24.3 Å². The van der Waals surface area contributed by atoms with Gasteiger partial charge in [-0.25, -0.2) is 0 Å². The Balaban J connectivity index is 1.76. The van der Waals surface area contributed by atoms with Gasteiger partial charge in [0.05, 0.1) is 0 Å². The lowest BCUT2D eigenvalue weighted by Gasteiger charge is -2.43. The van der Waals surface area contributed by atoms with E-state index in [0.717, 1.165) is 0 Å². The number of rotatable bonds is 4. The summed E-state index contributed by atoms with van der Waals surface area (Å²) in [5, 5.41) is 0.524. The van der Waals surface area contributed by atoms with Crippen LogP contribution in [0.2, 0.25) is 5.02 Å². The van der Waals surface area contributed by atoms with E-state index >= 15 is 0 Å². The van der Waals surface area contributed by atoms with Gasteiger partial charge in [0.2, 0.25) is 5.78 Å². The van der Waals surface area contributed by atoms with E-state index in [9.17, 15) is 14.4 Å². The van der Waals surface area contributed by atoms with Crippen LogP contribution in [0.4, 0.5) is 0 Å². The van der Waals surface area contributed by atoms with Crippen LogP contribution >= 0.6 is 11.6 Å². The van der Waals surface area contributed by atoms with Crippen molar-refractivity contribution in [3.8, 4) is 0 Å². The Kier molecular flexibility index (Phi) is 3.86. The van der Waals surface area contributed by atoms with Crippen molar-refractivity contribution < 1.29 is 28.1 Å². The van der Waals surface area contributed by atoms with Crippen LogP contribution in [-0.2, 0) is 18.9 Å². The molecule has 0 atom stereocenters. The second-order valence-corrected chi connectivity index (χ2v) is 7.12. The highest BCUT2D eigenvalue weighted by Crippen LogP contribution is 2.35. The SMILES string of the molecule is O=C1C[N+]2(CC(=O)c3ccc(Cl)cc3)CC(=O)O[B-]2(c2ccccc2)O1. The number of nitrogens with zero attached hydrogens (tertiary/aromatic N) is 1. The molecule has 0 aromatic heterocycles. The summed E-state index contributed by atoms with van der Waals surface area (Å²) in [7, 11) is 0. The lowest BCUT2D eigenvalue weighted by Crippen LogP contribution is -2.70. The largest absolute Gasteiger partial charge is 0.615 e. The van der Waals surface area contributed by atoms with Gasteiger partial charge in [-0.2, -0.15) is 0 Å². The van der Waals surface area contributed by atoms with Gasteiger partial charge in [0.1, 0.15) is 19.6 Å². The van der Waals surface area contributed by atoms with E-state index in [4.69, 9.17) is 20.9 Å². The molecule has 0 radical (unpaired) electrons. The third-order valence-electron chi connectivity index (χ3n) is 5.04. The molecule has 0 unspecified atom stereocenters. The Morgan fingerprint density at radius 3 is 2.12 bits per heavy atom. The number of hydrogen-bond donors (Lipinski definition) is 0. The fourth-order valence-electron chi connectivity index (χ4n) is 3.88. The minimum Gasteiger partial charge on any atom is -0.596 e. The summed E-state index contributed by atoms with van der Waals surface area (Å²) in [6.45, 7) is -2.69. The van der Waals surface area contributed by atoms with Crippen molar-refractivity contribution in [3.05, 3.63) is 65.2 Å². The lowest BCUT2D eigenvalue weighted by atomic mass is 9.60. The summed E-state index contributed by atoms with van der Waals surface area (Å²) in [5.74, 6) is -1.17. The standard InChI is InChI=1S/C18H15BClNO5/c20-15-8-6-13(7-9-15)16(22)10-21-11-17(23)25-19(21,26-18(24)12-21)14-4-2-1-3-5-14/h1-9H,10-12H2. The van der Waals surface area contributed by atoms with E-state index in [1.807, 2.05) is 6.07 Å². The van der Waals surface area contributed by atoms with Crippen molar-refractivity contribution in [3.63, 3.8) is 0 Å². The van der Waals surface area contributed by atoms with E-state index in [2.05, 4.69) is 0 Å². The second kappa shape index (κ2) is 5.97. The predicted molar refractivity (Wildman–Crippen MR) is 94.7 cm³/mol. The van der Waals surface area contributed by atoms with Crippen LogP contribution in [0.15, 0.2) is 54.6 Å². The fraction of sp³-hybridized carbons (Fsp3) is 0.167. The molecular weight excluding hydrogens is 356 g/mol. The molecule has 0 bridgehead atoms. The first-order valence-corrected chi connectivity index (χ1v) is 8.60. The van der Waals surface area contributed by atoms with Gasteiger partial charge in [0, 0.05) is 10.6 Å². The monoisotopic (exact) mass is 371 g/mol. The minimum atomic E-state index is -2.45. The normalized spacial score (nSPS) is 27.0. The summed E-state index contributed by atoms with van der Waals surface area (Å²) in [5.41, 5.74) is 1.05. The van der Waals surface area contributed by atoms with Crippen LogP contribution in [0, 0.1) is 0 Å². The Morgan fingerprint density at radius 2 is 1.54 bits per heavy atom. The highest BCUT2D eigenvalue weighted by Gasteiger charge is 2.68. The van der Waals surface area contributed by atoms with Crippen LogP contribution in [0.3, 0.4) is 0 Å². The van der Waals surface area contributed by atoms with Gasteiger partial charge in [0.15, 0.2) is 0 Å². The second-order valence-electron chi connectivity index (χ2n) is 6.69. The predicted octanol–water partition coefficient (Wildman–Crippen LogP) is 1.30. The van der Waals surface area contributed by atoms with E-state index in [-0.39, 0.29) is 29.8 Å². The van der Waals surface area contributed by atoms with Crippen LogP contribution in [0.5, 0.6) is 0 Å². The number of benzene rings is 2. The molecule has 0 N–H and O–H groups in total. The maximum atomic E-state index is 12.9. The molecule has 2 aromatic carbocycles. The zero-order valence-electron chi connectivity index (χ0n) is 13.8. The molecule has 2 aliphatic heterocycles. The van der Waals surface area contributed by atoms with Crippen molar-refractivity contribution in [2.45, 2.75) is 0 Å². The van der Waals surface area contributed by atoms with E-state index < -0.39 is 18.6 Å².